The topological polar surface area (TPSA) is 17.1 Å². The van der Waals surface area contributed by atoms with Crippen LogP contribution in [0.15, 0.2) is 12.6 Å². The van der Waals surface area contributed by atoms with Gasteiger partial charge in [0, 0.05) is 0 Å². The van der Waals surface area contributed by atoms with Crippen LogP contribution < -0.4 is 0 Å². The van der Waals surface area contributed by atoms with Crippen molar-refractivity contribution in [1.82, 2.24) is 0 Å². The molecule has 0 fully saturated rings. The van der Waals surface area contributed by atoms with Crippen LogP contribution in [-0.2, 0) is 4.79 Å². The predicted molar refractivity (Wildman–Crippen MR) is 16.3 cm³/mol. The molecule has 0 atom stereocenters. The van der Waals surface area contributed by atoms with Crippen LogP contribution in [-0.4, -0.2) is 6.26 Å². The monoisotopic (exact) mass is 58.0 g/mol. The van der Waals surface area contributed by atoms with Gasteiger partial charge in [-0.1, -0.05) is 6.55 Å². The molecular weight excluding hydrogens is 52.0 g/mol. The Balaban J connectivity index is 3.30. The average molecular weight is 58.1 g/mol. The molecule has 0 unspecified atom stereocenters. The highest BCUT2D eigenvalue weighted by Crippen LogP contribution is 1.35. The van der Waals surface area contributed by atoms with E-state index >= 15 is 0 Å². The minimum Gasteiger partial charge on any atom is -0.299 e. The zero-order valence-corrected chi connectivity index (χ0v) is 2.06. The summed E-state index contributed by atoms with van der Waals surface area (Å²) in [4.78, 5) is 9.50. The summed E-state index contributed by atoms with van der Waals surface area (Å²) in [5.74, 6) is 0. The van der Waals surface area contributed by atoms with E-state index in [1.165, 1.54) is 0 Å². The first kappa shape index (κ1) is 1.02. The molecule has 1 nitrogen and oxygen atoms in total. The molecule has 0 radical (unpaired) electrons. The Bertz CT molecular complexity index is 76.9. The zero-order valence-electron chi connectivity index (χ0n) is 4.06. The van der Waals surface area contributed by atoms with E-state index in [2.05, 4.69) is 0 Å². The van der Waals surface area contributed by atoms with Gasteiger partial charge < -0.3 is 0 Å². The molecule has 4 heavy (non-hydrogen) atoms. The Morgan fingerprint density at radius 2 is 3.25 bits per heavy atom. The smallest absolute Gasteiger partial charge is 0.142 e. The van der Waals surface area contributed by atoms with E-state index in [-0.39, 0.29) is 0 Å². The number of hydrogen-bond acceptors (Lipinski definition) is 1. The molecule has 22 valence electrons. The molecule has 0 aromatic rings. The van der Waals surface area contributed by atoms with Crippen LogP contribution in [0.3, 0.4) is 0 Å². The first-order chi connectivity index (χ1) is 2.77. The zero-order chi connectivity index (χ0) is 4.99. The van der Waals surface area contributed by atoms with Crippen LogP contribution in [0.2, 0.25) is 0 Å². The van der Waals surface area contributed by atoms with E-state index in [9.17, 15) is 4.79 Å². The fourth-order valence-corrected chi connectivity index (χ4v) is 0. The third-order valence-electron chi connectivity index (χ3n) is 0.0680. The van der Waals surface area contributed by atoms with E-state index < -0.39 is 6.26 Å². The predicted octanol–water partition coefficient (Wildman–Crippen LogP) is 0.371. The maximum absolute atomic E-state index is 9.50. The molecule has 0 aliphatic carbocycles. The van der Waals surface area contributed by atoms with Crippen LogP contribution in [0.4, 0.5) is 0 Å². The summed E-state index contributed by atoms with van der Waals surface area (Å²) >= 11 is 0. The summed E-state index contributed by atoms with van der Waals surface area (Å²) in [7, 11) is 0. The van der Waals surface area contributed by atoms with E-state index in [0.29, 0.717) is 0 Å². The molecule has 0 amide bonds. The Kier molecular flexibility index (Phi) is 0.614. The lowest BCUT2D eigenvalue weighted by Gasteiger charge is -1.37. The van der Waals surface area contributed by atoms with Crippen LogP contribution in [0.1, 0.15) is 2.74 Å². The second-order valence-corrected chi connectivity index (χ2v) is 0.285. The van der Waals surface area contributed by atoms with Gasteiger partial charge in [-0.05, 0) is 6.08 Å². The highest BCUT2D eigenvalue weighted by molar-refractivity contribution is 5.63. The van der Waals surface area contributed by atoms with Crippen molar-refractivity contribution < 1.29 is 7.54 Å². The van der Waals surface area contributed by atoms with Crippen molar-refractivity contribution in [1.29, 1.82) is 0 Å². The highest BCUT2D eigenvalue weighted by Gasteiger charge is 1.38. The highest BCUT2D eigenvalue weighted by atomic mass is 16.1. The van der Waals surface area contributed by atoms with Crippen LogP contribution >= 0.6 is 0 Å². The van der Waals surface area contributed by atoms with Gasteiger partial charge in [0.1, 0.15) is 7.63 Å². The van der Waals surface area contributed by atoms with Gasteiger partial charge in [0.15, 0.2) is 0 Å². The lowest BCUT2D eigenvalue weighted by atomic mass is 10.8. The summed E-state index contributed by atoms with van der Waals surface area (Å²) < 4.78 is 12.3. The van der Waals surface area contributed by atoms with Crippen molar-refractivity contribution in [3.63, 3.8) is 0 Å². The lowest BCUT2D eigenvalue weighted by molar-refractivity contribution is -0.104. The SMILES string of the molecule is [2H]/C=C\C([2H])=O. The second-order valence-electron chi connectivity index (χ2n) is 0.285. The van der Waals surface area contributed by atoms with Gasteiger partial charge in [0.25, 0.3) is 0 Å². The average Bonchev–Trinajstić information content (AvgIpc) is 1.35. The molecule has 1 heteroatoms. The minimum absolute atomic E-state index is 0.787. The summed E-state index contributed by atoms with van der Waals surface area (Å²) in [5.41, 5.74) is 0. The van der Waals surface area contributed by atoms with Gasteiger partial charge in [-0.2, -0.15) is 0 Å². The Morgan fingerprint density at radius 3 is 3.25 bits per heavy atom. The number of allylic oxidation sites excluding steroid dienone is 1. The maximum Gasteiger partial charge on any atom is 0.142 e. The molecule has 0 aliphatic rings. The molecule has 0 heterocycles. The third kappa shape index (κ3) is 1.41. The molecule has 0 bridgehead atoms. The standard InChI is InChI=1S/C3H4O/c1-2-3-4/h2-3H,1H2/i1D,3D/b2-1-. The molecule has 0 rings (SSSR count). The van der Waals surface area contributed by atoms with E-state index in [1.807, 2.05) is 0 Å². The van der Waals surface area contributed by atoms with Crippen LogP contribution in [0, 0.1) is 0 Å². The summed E-state index contributed by atoms with van der Waals surface area (Å²) in [6, 6.07) is 0. The molecule has 0 aromatic heterocycles. The van der Waals surface area contributed by atoms with E-state index in [1.54, 1.807) is 0 Å². The molecule has 0 aromatic carbocycles. The van der Waals surface area contributed by atoms with Gasteiger partial charge in [-0.25, -0.2) is 0 Å². The summed E-state index contributed by atoms with van der Waals surface area (Å²) in [6.45, 7) is 0.787. The molecule has 0 spiro atoms. The quantitative estimate of drug-likeness (QED) is 0.314. The van der Waals surface area contributed by atoms with E-state index in [0.717, 1.165) is 12.6 Å². The molecule has 0 saturated carbocycles. The van der Waals surface area contributed by atoms with Gasteiger partial charge in [-0.15, -0.1) is 0 Å². The van der Waals surface area contributed by atoms with Crippen molar-refractivity contribution in [3.8, 4) is 0 Å². The summed E-state index contributed by atoms with van der Waals surface area (Å²) in [5, 5.41) is 0. The first-order valence-electron chi connectivity index (χ1n) is 1.90. The van der Waals surface area contributed by atoms with Gasteiger partial charge in [-0.3, -0.25) is 4.79 Å². The van der Waals surface area contributed by atoms with Gasteiger partial charge >= 0.3 is 0 Å². The van der Waals surface area contributed by atoms with Crippen molar-refractivity contribution in [2.24, 2.45) is 0 Å². The Labute approximate surface area is 27.8 Å². The minimum atomic E-state index is -0.829. The number of aldehydes is 1. The van der Waals surface area contributed by atoms with Gasteiger partial charge in [0.2, 0.25) is 0 Å². The van der Waals surface area contributed by atoms with Crippen molar-refractivity contribution in [2.45, 2.75) is 0 Å². The maximum atomic E-state index is 9.50. The van der Waals surface area contributed by atoms with Crippen molar-refractivity contribution >= 4 is 6.26 Å². The fourth-order valence-electron chi connectivity index (χ4n) is 0. The second kappa shape index (κ2) is 2.41. The van der Waals surface area contributed by atoms with Crippen LogP contribution in [0.25, 0.3) is 0 Å². The summed E-state index contributed by atoms with van der Waals surface area (Å²) in [6.07, 6.45) is 0.0324. The fraction of sp³-hybridized carbons (Fsp3) is 0. The third-order valence-corrected chi connectivity index (χ3v) is 0.0680. The first-order valence-corrected chi connectivity index (χ1v) is 0.826. The van der Waals surface area contributed by atoms with Crippen molar-refractivity contribution in [2.75, 3.05) is 0 Å². The van der Waals surface area contributed by atoms with Crippen LogP contribution in [0.5, 0.6) is 0 Å². The molecule has 0 saturated heterocycles. The lowest BCUT2D eigenvalue weighted by Crippen LogP contribution is -1.44. The number of carbonyl (C=O) groups is 1. The molecule has 0 N–H and O–H groups in total. The normalized spacial score (nSPS) is 15.0. The number of rotatable bonds is 1. The van der Waals surface area contributed by atoms with Gasteiger partial charge in [0.05, 0.1) is 1.37 Å². The largest absolute Gasteiger partial charge is 0.299 e. The molecule has 0 aliphatic heterocycles. The Hall–Kier alpha value is -0.590. The Morgan fingerprint density at radius 1 is 2.50 bits per heavy atom. The van der Waals surface area contributed by atoms with E-state index in [4.69, 9.17) is 2.74 Å². The molecular formula is C3H4O. The number of hydrogen-bond donors (Lipinski definition) is 0. The van der Waals surface area contributed by atoms with Crippen molar-refractivity contribution in [3.05, 3.63) is 12.6 Å². The number of carbonyl (C=O) groups excluding carboxylic acids is 1.